The van der Waals surface area contributed by atoms with Gasteiger partial charge in [0.15, 0.2) is 0 Å². The minimum Gasteiger partial charge on any atom is -0.391 e. The van der Waals surface area contributed by atoms with Crippen LogP contribution in [-0.2, 0) is 11.2 Å². The van der Waals surface area contributed by atoms with Gasteiger partial charge in [0.1, 0.15) is 5.76 Å². The molecule has 2 fully saturated rings. The van der Waals surface area contributed by atoms with Crippen LogP contribution in [0.2, 0.25) is 0 Å². The van der Waals surface area contributed by atoms with Gasteiger partial charge in [-0.25, -0.2) is 0 Å². The fraction of sp³-hybridized carbons (Fsp3) is 0.476. The molecule has 2 aliphatic heterocycles. The Morgan fingerprint density at radius 3 is 2.28 bits per heavy atom. The van der Waals surface area contributed by atoms with Gasteiger partial charge in [-0.05, 0) is 31.2 Å². The van der Waals surface area contributed by atoms with Crippen LogP contribution in [0.5, 0.6) is 0 Å². The number of rotatable bonds is 4. The number of β-amino-alcohol motifs (C(OH)–C–C–N with tert-alkyl or cyclic N) is 1. The van der Waals surface area contributed by atoms with E-state index >= 15 is 0 Å². The molecule has 2 saturated heterocycles. The minimum absolute atomic E-state index is 0.0497. The molecule has 0 spiro atoms. The molecule has 2 aliphatic rings. The quantitative estimate of drug-likeness (QED) is 0.828. The second-order valence-electron chi connectivity index (χ2n) is 7.66. The number of hydrogen-bond donors (Lipinski definition) is 1. The van der Waals surface area contributed by atoms with Crippen molar-refractivity contribution in [3.8, 4) is 0 Å². The van der Waals surface area contributed by atoms with Crippen LogP contribution in [0.3, 0.4) is 0 Å². The summed E-state index contributed by atoms with van der Waals surface area (Å²) in [6, 6.07) is 8.57. The molecule has 1 aromatic heterocycles. The lowest BCUT2D eigenvalue weighted by atomic mass is 10.0. The maximum absolute atomic E-state index is 12.8. The summed E-state index contributed by atoms with van der Waals surface area (Å²) in [7, 11) is 0. The first-order valence-corrected chi connectivity index (χ1v) is 9.88. The number of morpholine rings is 1. The van der Waals surface area contributed by atoms with Crippen LogP contribution in [-0.4, -0.2) is 77.4 Å². The van der Waals surface area contributed by atoms with Gasteiger partial charge in [-0.15, -0.1) is 0 Å². The second kappa shape index (κ2) is 8.34. The molecule has 0 saturated carbocycles. The number of nitrogens with zero attached hydrogens (tertiary/aromatic N) is 3. The Morgan fingerprint density at radius 2 is 1.69 bits per heavy atom. The van der Waals surface area contributed by atoms with Gasteiger partial charge >= 0.3 is 0 Å². The summed E-state index contributed by atoms with van der Waals surface area (Å²) in [6.45, 7) is 4.85. The van der Waals surface area contributed by atoms with Crippen molar-refractivity contribution >= 4 is 11.8 Å². The smallest absolute Gasteiger partial charge is 0.254 e. The minimum atomic E-state index is -0.605. The number of amides is 2. The van der Waals surface area contributed by atoms with Crippen molar-refractivity contribution in [2.24, 2.45) is 5.92 Å². The highest BCUT2D eigenvalue weighted by atomic mass is 16.5. The summed E-state index contributed by atoms with van der Waals surface area (Å²) < 4.78 is 10.5. The van der Waals surface area contributed by atoms with Crippen LogP contribution >= 0.6 is 0 Å². The Labute approximate surface area is 169 Å². The van der Waals surface area contributed by atoms with Crippen molar-refractivity contribution < 1.29 is 24.0 Å². The van der Waals surface area contributed by atoms with Crippen molar-refractivity contribution in [3.05, 3.63) is 52.9 Å². The number of carbonyl (C=O) groups is 2. The van der Waals surface area contributed by atoms with E-state index in [2.05, 4.69) is 5.16 Å². The van der Waals surface area contributed by atoms with Crippen LogP contribution in [0.1, 0.15) is 32.2 Å². The molecule has 2 aromatic rings. The van der Waals surface area contributed by atoms with Crippen molar-refractivity contribution in [2.45, 2.75) is 19.4 Å². The molecule has 0 aliphatic carbocycles. The third kappa shape index (κ3) is 4.33. The number of ether oxygens (including phenoxy) is 1. The average molecular weight is 399 g/mol. The Bertz CT molecular complexity index is 873. The molecule has 3 heterocycles. The zero-order valence-corrected chi connectivity index (χ0v) is 16.4. The average Bonchev–Trinajstić information content (AvgIpc) is 3.33. The second-order valence-corrected chi connectivity index (χ2v) is 7.66. The van der Waals surface area contributed by atoms with Gasteiger partial charge in [-0.1, -0.05) is 5.16 Å². The Kier molecular flexibility index (Phi) is 5.64. The molecule has 8 nitrogen and oxygen atoms in total. The summed E-state index contributed by atoms with van der Waals surface area (Å²) in [4.78, 5) is 28.8. The molecule has 8 heteroatoms. The topological polar surface area (TPSA) is 96.1 Å². The van der Waals surface area contributed by atoms with Gasteiger partial charge in [-0.3, -0.25) is 9.59 Å². The van der Waals surface area contributed by atoms with E-state index in [9.17, 15) is 14.7 Å². The molecule has 0 bridgehead atoms. The number of aryl methyl sites for hydroxylation is 1. The normalized spacial score (nSPS) is 22.1. The lowest BCUT2D eigenvalue weighted by molar-refractivity contribution is 0.0303. The van der Waals surface area contributed by atoms with E-state index in [1.807, 2.05) is 13.0 Å². The van der Waals surface area contributed by atoms with Gasteiger partial charge in [0.05, 0.1) is 25.0 Å². The first-order valence-electron chi connectivity index (χ1n) is 9.88. The molecule has 0 unspecified atom stereocenters. The SMILES string of the molecule is Cc1cc(C[C@@H]2CN(C(=O)c3ccc(C(=O)N4CCOCC4)cc3)C[C@@H]2O)on1. The lowest BCUT2D eigenvalue weighted by Crippen LogP contribution is -2.40. The molecule has 154 valence electrons. The van der Waals surface area contributed by atoms with Crippen LogP contribution in [0.4, 0.5) is 0 Å². The van der Waals surface area contributed by atoms with Crippen LogP contribution in [0.25, 0.3) is 0 Å². The highest BCUT2D eigenvalue weighted by Crippen LogP contribution is 2.24. The molecule has 4 rings (SSSR count). The van der Waals surface area contributed by atoms with Gasteiger partial charge in [0.2, 0.25) is 0 Å². The van der Waals surface area contributed by atoms with E-state index < -0.39 is 6.10 Å². The first-order chi connectivity index (χ1) is 14.0. The Morgan fingerprint density at radius 1 is 1.07 bits per heavy atom. The number of likely N-dealkylation sites (tertiary alicyclic amines) is 1. The van der Waals surface area contributed by atoms with E-state index in [1.165, 1.54) is 0 Å². The van der Waals surface area contributed by atoms with E-state index in [4.69, 9.17) is 9.26 Å². The van der Waals surface area contributed by atoms with Crippen molar-refractivity contribution in [2.75, 3.05) is 39.4 Å². The number of carbonyl (C=O) groups excluding carboxylic acids is 2. The van der Waals surface area contributed by atoms with E-state index in [1.54, 1.807) is 34.1 Å². The molecule has 2 atom stereocenters. The first kappa shape index (κ1) is 19.6. The summed E-state index contributed by atoms with van der Waals surface area (Å²) in [5, 5.41) is 14.2. The summed E-state index contributed by atoms with van der Waals surface area (Å²) in [5.74, 6) is 0.428. The monoisotopic (exact) mass is 399 g/mol. The third-order valence-electron chi connectivity index (χ3n) is 5.51. The maximum atomic E-state index is 12.8. The summed E-state index contributed by atoms with van der Waals surface area (Å²) in [6.07, 6.45) is -0.0646. The molecular weight excluding hydrogens is 374 g/mol. The number of aliphatic hydroxyl groups excluding tert-OH is 1. The van der Waals surface area contributed by atoms with Crippen molar-refractivity contribution in [1.29, 1.82) is 0 Å². The predicted octanol–water partition coefficient (Wildman–Crippen LogP) is 1.13. The number of aromatic nitrogens is 1. The predicted molar refractivity (Wildman–Crippen MR) is 104 cm³/mol. The van der Waals surface area contributed by atoms with E-state index in [-0.39, 0.29) is 24.3 Å². The largest absolute Gasteiger partial charge is 0.391 e. The zero-order valence-electron chi connectivity index (χ0n) is 16.4. The molecule has 29 heavy (non-hydrogen) atoms. The standard InChI is InChI=1S/C21H25N3O5/c1-14-10-18(29-22-14)11-17-12-24(13-19(17)25)21(27)16-4-2-15(3-5-16)20(26)23-6-8-28-9-7-23/h2-5,10,17,19,25H,6-9,11-13H2,1H3/t17-,19+/m1/s1. The fourth-order valence-electron chi connectivity index (χ4n) is 3.88. The maximum Gasteiger partial charge on any atom is 0.254 e. The van der Waals surface area contributed by atoms with Gasteiger partial charge in [0, 0.05) is 55.7 Å². The molecule has 1 N–H and O–H groups in total. The van der Waals surface area contributed by atoms with Crippen LogP contribution in [0, 0.1) is 12.8 Å². The van der Waals surface area contributed by atoms with Crippen molar-refractivity contribution in [3.63, 3.8) is 0 Å². The van der Waals surface area contributed by atoms with Crippen LogP contribution < -0.4 is 0 Å². The van der Waals surface area contributed by atoms with E-state index in [0.29, 0.717) is 56.2 Å². The Hall–Kier alpha value is -2.71. The molecule has 1 aromatic carbocycles. The third-order valence-corrected chi connectivity index (χ3v) is 5.51. The van der Waals surface area contributed by atoms with Gasteiger partial charge < -0.3 is 24.2 Å². The van der Waals surface area contributed by atoms with Gasteiger partial charge in [0.25, 0.3) is 11.8 Å². The Balaban J connectivity index is 1.38. The molecule has 0 radical (unpaired) electrons. The zero-order chi connectivity index (χ0) is 20.4. The number of hydrogen-bond acceptors (Lipinski definition) is 6. The number of aliphatic hydroxyl groups is 1. The molecule has 2 amide bonds. The summed E-state index contributed by atoms with van der Waals surface area (Å²) in [5.41, 5.74) is 1.86. The molecular formula is C21H25N3O5. The van der Waals surface area contributed by atoms with E-state index in [0.717, 1.165) is 5.69 Å². The summed E-state index contributed by atoms with van der Waals surface area (Å²) >= 11 is 0. The van der Waals surface area contributed by atoms with Crippen molar-refractivity contribution in [1.82, 2.24) is 15.0 Å². The highest BCUT2D eigenvalue weighted by Gasteiger charge is 2.35. The lowest BCUT2D eigenvalue weighted by Gasteiger charge is -2.27. The number of benzene rings is 1. The fourth-order valence-corrected chi connectivity index (χ4v) is 3.88. The van der Waals surface area contributed by atoms with Gasteiger partial charge in [-0.2, -0.15) is 0 Å². The van der Waals surface area contributed by atoms with Crippen LogP contribution in [0.15, 0.2) is 34.9 Å². The highest BCUT2D eigenvalue weighted by molar-refractivity contribution is 5.98.